The first-order valence-corrected chi connectivity index (χ1v) is 7.10. The third-order valence-corrected chi connectivity index (χ3v) is 3.70. The number of hydrogen-bond donors (Lipinski definition) is 1. The standard InChI is InChI=1S/C15H12N2O2S/c18-12-6-8-13(9-7-12)20-10-14-16-15(19-17-14)11-4-2-1-3-5-11/h1-9,18H,10H2. The van der Waals surface area contributed by atoms with Crippen LogP contribution in [-0.2, 0) is 5.75 Å². The Balaban J connectivity index is 1.67. The summed E-state index contributed by atoms with van der Waals surface area (Å²) in [7, 11) is 0. The van der Waals surface area contributed by atoms with Crippen LogP contribution in [0.15, 0.2) is 64.0 Å². The van der Waals surface area contributed by atoms with E-state index >= 15 is 0 Å². The molecule has 3 rings (SSSR count). The molecule has 5 heteroatoms. The fourth-order valence-corrected chi connectivity index (χ4v) is 2.44. The molecule has 0 aliphatic rings. The first-order chi connectivity index (χ1) is 9.81. The fraction of sp³-hybridized carbons (Fsp3) is 0.0667. The van der Waals surface area contributed by atoms with Crippen LogP contribution in [0.3, 0.4) is 0 Å². The van der Waals surface area contributed by atoms with Gasteiger partial charge >= 0.3 is 0 Å². The lowest BCUT2D eigenvalue weighted by Crippen LogP contribution is -1.84. The molecule has 1 N–H and O–H groups in total. The highest BCUT2D eigenvalue weighted by atomic mass is 32.2. The largest absolute Gasteiger partial charge is 0.508 e. The monoisotopic (exact) mass is 284 g/mol. The molecule has 100 valence electrons. The fourth-order valence-electron chi connectivity index (χ4n) is 1.70. The van der Waals surface area contributed by atoms with E-state index in [-0.39, 0.29) is 5.75 Å². The van der Waals surface area contributed by atoms with Gasteiger partial charge in [-0.15, -0.1) is 11.8 Å². The number of benzene rings is 2. The van der Waals surface area contributed by atoms with Gasteiger partial charge in [0.25, 0.3) is 5.89 Å². The Morgan fingerprint density at radius 1 is 1.00 bits per heavy atom. The molecule has 0 amide bonds. The first-order valence-electron chi connectivity index (χ1n) is 6.11. The Morgan fingerprint density at radius 2 is 1.75 bits per heavy atom. The number of aromatic hydroxyl groups is 1. The molecule has 0 fully saturated rings. The maximum Gasteiger partial charge on any atom is 0.257 e. The van der Waals surface area contributed by atoms with Crippen LogP contribution in [0.25, 0.3) is 11.5 Å². The van der Waals surface area contributed by atoms with Crippen molar-refractivity contribution in [3.8, 4) is 17.2 Å². The molecule has 0 bridgehead atoms. The number of thioether (sulfide) groups is 1. The van der Waals surface area contributed by atoms with Gasteiger partial charge in [0.15, 0.2) is 5.82 Å². The highest BCUT2D eigenvalue weighted by Crippen LogP contribution is 2.24. The van der Waals surface area contributed by atoms with Crippen molar-refractivity contribution in [1.29, 1.82) is 0 Å². The molecule has 1 aromatic heterocycles. The number of phenols is 1. The van der Waals surface area contributed by atoms with Gasteiger partial charge in [0.1, 0.15) is 5.75 Å². The van der Waals surface area contributed by atoms with Crippen molar-refractivity contribution in [1.82, 2.24) is 10.1 Å². The number of phenolic OH excluding ortho intramolecular Hbond substituents is 1. The van der Waals surface area contributed by atoms with E-state index in [9.17, 15) is 5.11 Å². The molecular formula is C15H12N2O2S. The second-order valence-corrected chi connectivity index (χ2v) is 5.21. The van der Waals surface area contributed by atoms with Gasteiger partial charge in [-0.05, 0) is 36.4 Å². The minimum atomic E-state index is 0.264. The zero-order valence-corrected chi connectivity index (χ0v) is 11.4. The summed E-state index contributed by atoms with van der Waals surface area (Å²) in [6.45, 7) is 0. The molecular weight excluding hydrogens is 272 g/mol. The summed E-state index contributed by atoms with van der Waals surface area (Å²) >= 11 is 1.59. The van der Waals surface area contributed by atoms with Crippen molar-refractivity contribution in [2.75, 3.05) is 0 Å². The van der Waals surface area contributed by atoms with Gasteiger partial charge in [0.05, 0.1) is 5.75 Å². The van der Waals surface area contributed by atoms with Gasteiger partial charge in [0.2, 0.25) is 0 Å². The van der Waals surface area contributed by atoms with Crippen molar-refractivity contribution in [3.05, 3.63) is 60.4 Å². The Morgan fingerprint density at radius 3 is 2.50 bits per heavy atom. The van der Waals surface area contributed by atoms with Crippen LogP contribution >= 0.6 is 11.8 Å². The highest BCUT2D eigenvalue weighted by molar-refractivity contribution is 7.98. The summed E-state index contributed by atoms with van der Waals surface area (Å²) in [5.41, 5.74) is 0.917. The van der Waals surface area contributed by atoms with Gasteiger partial charge in [-0.2, -0.15) is 4.98 Å². The van der Waals surface area contributed by atoms with E-state index < -0.39 is 0 Å². The van der Waals surface area contributed by atoms with Crippen molar-refractivity contribution in [3.63, 3.8) is 0 Å². The zero-order valence-electron chi connectivity index (χ0n) is 10.6. The van der Waals surface area contributed by atoms with Gasteiger partial charge in [-0.3, -0.25) is 0 Å². The Labute approximate surface area is 120 Å². The molecule has 0 unspecified atom stereocenters. The van der Waals surface area contributed by atoms with E-state index in [1.165, 1.54) is 0 Å². The van der Waals surface area contributed by atoms with Crippen molar-refractivity contribution >= 4 is 11.8 Å². The predicted molar refractivity (Wildman–Crippen MR) is 77.4 cm³/mol. The summed E-state index contributed by atoms with van der Waals surface area (Å²) in [6, 6.07) is 16.7. The molecule has 2 aromatic carbocycles. The Bertz CT molecular complexity index is 681. The van der Waals surface area contributed by atoms with E-state index in [2.05, 4.69) is 10.1 Å². The third-order valence-electron chi connectivity index (χ3n) is 2.69. The SMILES string of the molecule is Oc1ccc(SCc2noc(-c3ccccc3)n2)cc1. The Hall–Kier alpha value is -2.27. The average molecular weight is 284 g/mol. The van der Waals surface area contributed by atoms with E-state index in [4.69, 9.17) is 4.52 Å². The summed E-state index contributed by atoms with van der Waals surface area (Å²) in [6.07, 6.45) is 0. The van der Waals surface area contributed by atoms with Crippen molar-refractivity contribution in [2.45, 2.75) is 10.6 Å². The topological polar surface area (TPSA) is 59.2 Å². The smallest absolute Gasteiger partial charge is 0.257 e. The van der Waals surface area contributed by atoms with Gasteiger partial charge in [-0.25, -0.2) is 0 Å². The molecule has 0 saturated carbocycles. The van der Waals surface area contributed by atoms with Crippen LogP contribution < -0.4 is 0 Å². The van der Waals surface area contributed by atoms with Gasteiger partial charge in [-0.1, -0.05) is 23.4 Å². The van der Waals surface area contributed by atoms with Crippen molar-refractivity contribution in [2.24, 2.45) is 0 Å². The van der Waals surface area contributed by atoms with E-state index in [1.807, 2.05) is 42.5 Å². The van der Waals surface area contributed by atoms with Crippen LogP contribution in [-0.4, -0.2) is 15.2 Å². The maximum absolute atomic E-state index is 9.22. The van der Waals surface area contributed by atoms with Crippen LogP contribution in [0, 0.1) is 0 Å². The highest BCUT2D eigenvalue weighted by Gasteiger charge is 2.08. The number of hydrogen-bond acceptors (Lipinski definition) is 5. The molecule has 0 saturated heterocycles. The Kier molecular flexibility index (Phi) is 3.69. The number of nitrogens with zero attached hydrogens (tertiary/aromatic N) is 2. The molecule has 3 aromatic rings. The molecule has 1 heterocycles. The minimum Gasteiger partial charge on any atom is -0.508 e. The lowest BCUT2D eigenvalue weighted by Gasteiger charge is -1.98. The molecule has 20 heavy (non-hydrogen) atoms. The van der Waals surface area contributed by atoms with Gasteiger partial charge in [0, 0.05) is 10.5 Å². The zero-order chi connectivity index (χ0) is 13.8. The maximum atomic E-state index is 9.22. The number of aromatic nitrogens is 2. The summed E-state index contributed by atoms with van der Waals surface area (Å²) in [5, 5.41) is 13.2. The van der Waals surface area contributed by atoms with Crippen molar-refractivity contribution < 1.29 is 9.63 Å². The van der Waals surface area contributed by atoms with E-state index in [0.29, 0.717) is 17.5 Å². The molecule has 4 nitrogen and oxygen atoms in total. The lowest BCUT2D eigenvalue weighted by atomic mass is 10.2. The minimum absolute atomic E-state index is 0.264. The quantitative estimate of drug-likeness (QED) is 0.740. The van der Waals surface area contributed by atoms with Crippen LogP contribution in [0.1, 0.15) is 5.82 Å². The molecule has 0 atom stereocenters. The first kappa shape index (κ1) is 12.7. The summed E-state index contributed by atoms with van der Waals surface area (Å²) in [4.78, 5) is 5.41. The third kappa shape index (κ3) is 3.00. The second-order valence-electron chi connectivity index (χ2n) is 4.16. The summed E-state index contributed by atoms with van der Waals surface area (Å²) < 4.78 is 5.24. The predicted octanol–water partition coefficient (Wildman–Crippen LogP) is 3.73. The van der Waals surface area contributed by atoms with E-state index in [0.717, 1.165) is 10.5 Å². The average Bonchev–Trinajstić information content (AvgIpc) is 2.97. The molecule has 0 radical (unpaired) electrons. The molecule has 0 aliphatic heterocycles. The molecule has 0 aliphatic carbocycles. The second kappa shape index (κ2) is 5.79. The number of rotatable bonds is 4. The van der Waals surface area contributed by atoms with E-state index in [1.54, 1.807) is 23.9 Å². The van der Waals surface area contributed by atoms with Crippen LogP contribution in [0.2, 0.25) is 0 Å². The molecule has 0 spiro atoms. The lowest BCUT2D eigenvalue weighted by molar-refractivity contribution is 0.425. The normalized spacial score (nSPS) is 10.6. The van der Waals surface area contributed by atoms with Crippen LogP contribution in [0.4, 0.5) is 0 Å². The van der Waals surface area contributed by atoms with Gasteiger partial charge < -0.3 is 9.63 Å². The summed E-state index contributed by atoms with van der Waals surface area (Å²) in [5.74, 6) is 2.08. The van der Waals surface area contributed by atoms with Crippen LogP contribution in [0.5, 0.6) is 5.75 Å².